The summed E-state index contributed by atoms with van der Waals surface area (Å²) in [6.45, 7) is 28.2. The summed E-state index contributed by atoms with van der Waals surface area (Å²) >= 11 is 0. The van der Waals surface area contributed by atoms with Crippen molar-refractivity contribution in [3.8, 4) is 51.7 Å². The third-order valence-electron chi connectivity index (χ3n) is 15.0. The smallest absolute Gasteiger partial charge is 0.127 e. The average molecular weight is 1200 g/mol. The van der Waals surface area contributed by atoms with Crippen LogP contribution in [0.4, 0.5) is 0 Å². The Morgan fingerprint density at radius 2 is 0.233 bits per heavy atom. The lowest BCUT2D eigenvalue weighted by Gasteiger charge is -2.17. The van der Waals surface area contributed by atoms with Crippen LogP contribution in [0.5, 0.6) is 51.7 Å². The number of rotatable bonds is 27. The van der Waals surface area contributed by atoms with Crippen molar-refractivity contribution < 1.29 is 42.6 Å². The number of ether oxygens (including phenoxy) is 9. The summed E-state index contributed by atoms with van der Waals surface area (Å²) < 4.78 is 59.4. The van der Waals surface area contributed by atoms with Gasteiger partial charge in [-0.05, 0) is 170 Å². The highest BCUT2D eigenvalue weighted by atomic mass is 16.5. The van der Waals surface area contributed by atoms with E-state index in [0.29, 0.717) is 91.4 Å². The second-order valence-electron chi connectivity index (χ2n) is 24.7. The van der Waals surface area contributed by atoms with Gasteiger partial charge in [0.2, 0.25) is 0 Å². The summed E-state index contributed by atoms with van der Waals surface area (Å²) in [5.74, 6) is 5.62. The molecule has 10 aromatic rings. The van der Waals surface area contributed by atoms with Crippen LogP contribution in [0.1, 0.15) is 117 Å². The van der Waals surface area contributed by atoms with E-state index in [2.05, 4.69) is 192 Å². The van der Waals surface area contributed by atoms with E-state index in [0.717, 1.165) is 50.1 Å². The molecule has 9 heteroatoms. The Hall–Kier alpha value is -9.60. The molecule has 0 saturated heterocycles. The first-order valence-corrected chi connectivity index (χ1v) is 30.9. The molecule has 10 rings (SSSR count). The van der Waals surface area contributed by atoms with E-state index in [4.69, 9.17) is 42.6 Å². The summed E-state index contributed by atoms with van der Waals surface area (Å²) in [5, 5.41) is 0. The zero-order valence-electron chi connectivity index (χ0n) is 54.4. The van der Waals surface area contributed by atoms with Gasteiger partial charge in [0.05, 0.1) is 0 Å². The molecule has 462 valence electrons. The number of hydrogen-bond acceptors (Lipinski definition) is 9. The van der Waals surface area contributed by atoms with E-state index >= 15 is 0 Å². The molecular formula is C81H84O9. The highest BCUT2D eigenvalue weighted by molar-refractivity contribution is 5.46. The molecule has 0 N–H and O–H groups in total. The molecule has 0 spiro atoms. The molecule has 0 fully saturated rings. The first kappa shape index (κ1) is 63.4. The lowest BCUT2D eigenvalue weighted by atomic mass is 10.1. The van der Waals surface area contributed by atoms with Gasteiger partial charge in [0, 0.05) is 36.4 Å². The molecule has 0 unspecified atom stereocenters. The minimum absolute atomic E-state index is 0.186. The molecule has 9 nitrogen and oxygen atoms in total. The molecule has 0 saturated carbocycles. The molecule has 0 aliphatic heterocycles. The van der Waals surface area contributed by atoms with Crippen LogP contribution in [-0.2, 0) is 59.5 Å². The van der Waals surface area contributed by atoms with Crippen molar-refractivity contribution in [3.63, 3.8) is 0 Å². The fourth-order valence-corrected chi connectivity index (χ4v) is 11.9. The topological polar surface area (TPSA) is 83.1 Å². The summed E-state index contributed by atoms with van der Waals surface area (Å²) in [6, 6.07) is 62.4. The number of aryl methyl sites for hydroxylation is 12. The molecule has 0 aromatic heterocycles. The molecule has 0 bridgehead atoms. The van der Waals surface area contributed by atoms with Gasteiger partial charge in [-0.3, -0.25) is 0 Å². The zero-order valence-corrected chi connectivity index (χ0v) is 54.4. The van der Waals surface area contributed by atoms with Crippen molar-refractivity contribution >= 4 is 0 Å². The first-order valence-electron chi connectivity index (χ1n) is 30.9. The Morgan fingerprint density at radius 3 is 0.356 bits per heavy atom. The van der Waals surface area contributed by atoms with E-state index in [1.165, 1.54) is 66.8 Å². The van der Waals surface area contributed by atoms with Gasteiger partial charge in [0.15, 0.2) is 0 Å². The standard InChI is InChI=1S/C81H84O9/c1-52-13-53(2)20-64(19-52)43-82-73-31-70(32-74(37-73)83-44-65-21-54(3)14-55(4)22-65)49-88-79-40-80(89-50-71-33-75(84-45-66-23-56(5)15-57(6)24-66)38-76(34-71)85-46-67-25-58(7)16-59(8)26-67)42-81(41-79)90-51-72-35-77(86-47-68-27-60(9)17-61(10)28-68)39-78(36-72)87-48-69-29-62(11)18-63(12)30-69/h13-42H,43-51H2,1-12H3. The quantitative estimate of drug-likeness (QED) is 0.0500. The predicted octanol–water partition coefficient (Wildman–Crippen LogP) is 19.6. The highest BCUT2D eigenvalue weighted by Gasteiger charge is 2.15. The van der Waals surface area contributed by atoms with E-state index in [1.807, 2.05) is 72.8 Å². The van der Waals surface area contributed by atoms with E-state index in [-0.39, 0.29) is 19.8 Å². The number of benzene rings is 10. The van der Waals surface area contributed by atoms with Crippen molar-refractivity contribution in [1.29, 1.82) is 0 Å². The van der Waals surface area contributed by atoms with Gasteiger partial charge >= 0.3 is 0 Å². The normalized spacial score (nSPS) is 11.1. The van der Waals surface area contributed by atoms with Crippen molar-refractivity contribution in [3.05, 3.63) is 299 Å². The van der Waals surface area contributed by atoms with Crippen LogP contribution in [-0.4, -0.2) is 0 Å². The van der Waals surface area contributed by atoms with Crippen LogP contribution in [0.3, 0.4) is 0 Å². The largest absolute Gasteiger partial charge is 0.489 e. The van der Waals surface area contributed by atoms with Gasteiger partial charge in [-0.15, -0.1) is 0 Å². The average Bonchev–Trinajstić information content (AvgIpc) is 3.70. The second-order valence-corrected chi connectivity index (χ2v) is 24.7. The summed E-state index contributed by atoms with van der Waals surface area (Å²) in [7, 11) is 0. The molecule has 10 aromatic carbocycles. The SMILES string of the molecule is Cc1cc(C)cc(COc2cc(COc3cc(OCc4cc(OCc5cc(C)cc(C)c5)cc(OCc5cc(C)cc(C)c5)c4)cc(OCc4cc(OCc5cc(C)cc(C)c5)cc(OCc5cc(C)cc(C)c5)c4)c3)cc(OCc3cc(C)cc(C)c3)c2)c1. The molecule has 90 heavy (non-hydrogen) atoms. The maximum absolute atomic E-state index is 6.76. The Bertz CT molecular complexity index is 3360. The van der Waals surface area contributed by atoms with Crippen LogP contribution in [0.2, 0.25) is 0 Å². The van der Waals surface area contributed by atoms with Gasteiger partial charge in [-0.1, -0.05) is 176 Å². The Kier molecular flexibility index (Phi) is 20.9. The molecular weight excluding hydrogens is 1120 g/mol. The fraction of sp³-hybridized carbons (Fsp3) is 0.259. The van der Waals surface area contributed by atoms with Crippen LogP contribution >= 0.6 is 0 Å². The summed E-state index contributed by atoms with van der Waals surface area (Å²) in [4.78, 5) is 0. The van der Waals surface area contributed by atoms with Gasteiger partial charge in [-0.2, -0.15) is 0 Å². The Morgan fingerprint density at radius 1 is 0.133 bits per heavy atom. The van der Waals surface area contributed by atoms with Gasteiger partial charge in [0.1, 0.15) is 111 Å². The lowest BCUT2D eigenvalue weighted by Crippen LogP contribution is -2.04. The van der Waals surface area contributed by atoms with Crippen molar-refractivity contribution in [1.82, 2.24) is 0 Å². The molecule has 0 amide bonds. The number of hydrogen-bond donors (Lipinski definition) is 0. The minimum Gasteiger partial charge on any atom is -0.489 e. The molecule has 0 atom stereocenters. The molecule has 0 aliphatic carbocycles. The minimum atomic E-state index is 0.186. The third-order valence-corrected chi connectivity index (χ3v) is 15.0. The van der Waals surface area contributed by atoms with Crippen molar-refractivity contribution in [2.24, 2.45) is 0 Å². The van der Waals surface area contributed by atoms with Crippen LogP contribution in [0, 0.1) is 83.1 Å². The maximum atomic E-state index is 6.76. The van der Waals surface area contributed by atoms with Crippen molar-refractivity contribution in [2.45, 2.75) is 143 Å². The third kappa shape index (κ3) is 19.4. The molecule has 0 heterocycles. The molecule has 0 radical (unpaired) electrons. The van der Waals surface area contributed by atoms with Crippen LogP contribution in [0.15, 0.2) is 182 Å². The summed E-state index contributed by atoms with van der Waals surface area (Å²) in [6.07, 6.45) is 0. The maximum Gasteiger partial charge on any atom is 0.127 e. The van der Waals surface area contributed by atoms with Gasteiger partial charge < -0.3 is 42.6 Å². The van der Waals surface area contributed by atoms with Crippen LogP contribution < -0.4 is 42.6 Å². The Balaban J connectivity index is 0.951. The Labute approximate surface area is 533 Å². The van der Waals surface area contributed by atoms with Crippen LogP contribution in [0.25, 0.3) is 0 Å². The van der Waals surface area contributed by atoms with E-state index in [9.17, 15) is 0 Å². The van der Waals surface area contributed by atoms with E-state index < -0.39 is 0 Å². The highest BCUT2D eigenvalue weighted by Crippen LogP contribution is 2.34. The summed E-state index contributed by atoms with van der Waals surface area (Å²) in [5.41, 5.74) is 23.3. The van der Waals surface area contributed by atoms with Crippen molar-refractivity contribution in [2.75, 3.05) is 0 Å². The monoisotopic (exact) mass is 1200 g/mol. The molecule has 0 aliphatic rings. The predicted molar refractivity (Wildman–Crippen MR) is 360 cm³/mol. The lowest BCUT2D eigenvalue weighted by molar-refractivity contribution is 0.266. The first-order chi connectivity index (χ1) is 43.3. The fourth-order valence-electron chi connectivity index (χ4n) is 11.9. The van der Waals surface area contributed by atoms with E-state index in [1.54, 1.807) is 0 Å². The zero-order chi connectivity index (χ0) is 63.3. The second kappa shape index (κ2) is 29.6. The van der Waals surface area contributed by atoms with Gasteiger partial charge in [-0.25, -0.2) is 0 Å². The van der Waals surface area contributed by atoms with Gasteiger partial charge in [0.25, 0.3) is 0 Å².